The summed E-state index contributed by atoms with van der Waals surface area (Å²) in [6, 6.07) is 10.9. The third kappa shape index (κ3) is 1.98. The highest BCUT2D eigenvalue weighted by molar-refractivity contribution is 6.30. The Bertz CT molecular complexity index is 753. The number of fused-ring (bicyclic) bond motifs is 1. The van der Waals surface area contributed by atoms with Crippen LogP contribution < -0.4 is 10.5 Å². The second kappa shape index (κ2) is 4.44. The summed E-state index contributed by atoms with van der Waals surface area (Å²) < 4.78 is 6.87. The zero-order valence-corrected chi connectivity index (χ0v) is 10.9. The molecule has 0 aliphatic carbocycles. The van der Waals surface area contributed by atoms with Crippen LogP contribution in [0.4, 0.5) is 5.95 Å². The number of imidazole rings is 1. The van der Waals surface area contributed by atoms with Crippen LogP contribution in [0, 0.1) is 0 Å². The van der Waals surface area contributed by atoms with E-state index in [0.29, 0.717) is 28.0 Å². The van der Waals surface area contributed by atoms with E-state index in [2.05, 4.69) is 9.97 Å². The molecular weight excluding hydrogens is 264 g/mol. The van der Waals surface area contributed by atoms with Gasteiger partial charge in [0.2, 0.25) is 11.8 Å². The van der Waals surface area contributed by atoms with Gasteiger partial charge in [-0.1, -0.05) is 17.7 Å². The fourth-order valence-corrected chi connectivity index (χ4v) is 2.13. The normalized spacial score (nSPS) is 10.8. The first kappa shape index (κ1) is 11.8. The van der Waals surface area contributed by atoms with Crippen LogP contribution in [0.1, 0.15) is 0 Å². The first-order chi connectivity index (χ1) is 9.19. The molecule has 0 fully saturated rings. The fourth-order valence-electron chi connectivity index (χ4n) is 1.94. The summed E-state index contributed by atoms with van der Waals surface area (Å²) in [4.78, 5) is 8.65. The Morgan fingerprint density at radius 2 is 2.05 bits per heavy atom. The van der Waals surface area contributed by atoms with Crippen molar-refractivity contribution in [2.24, 2.45) is 0 Å². The van der Waals surface area contributed by atoms with Gasteiger partial charge in [-0.3, -0.25) is 4.57 Å². The number of anilines is 1. The minimum Gasteiger partial charge on any atom is -0.481 e. The predicted molar refractivity (Wildman–Crippen MR) is 74.8 cm³/mol. The SMILES string of the molecule is COc1ccc2nc(N)n(-c3cccc(Cl)c3)c2n1. The van der Waals surface area contributed by atoms with Gasteiger partial charge in [-0.2, -0.15) is 4.98 Å². The van der Waals surface area contributed by atoms with Crippen molar-refractivity contribution in [3.05, 3.63) is 41.4 Å². The highest BCUT2D eigenvalue weighted by atomic mass is 35.5. The number of benzene rings is 1. The molecule has 2 heterocycles. The third-order valence-corrected chi connectivity index (χ3v) is 3.02. The van der Waals surface area contributed by atoms with Crippen molar-refractivity contribution in [3.63, 3.8) is 0 Å². The summed E-state index contributed by atoms with van der Waals surface area (Å²) in [5.41, 5.74) is 8.11. The molecule has 0 bridgehead atoms. The molecule has 3 aromatic rings. The van der Waals surface area contributed by atoms with Crippen molar-refractivity contribution in [2.45, 2.75) is 0 Å². The van der Waals surface area contributed by atoms with Crippen molar-refractivity contribution >= 4 is 28.7 Å². The summed E-state index contributed by atoms with van der Waals surface area (Å²) in [5.74, 6) is 0.869. The molecule has 0 aliphatic rings. The van der Waals surface area contributed by atoms with Gasteiger partial charge in [-0.15, -0.1) is 0 Å². The molecule has 5 nitrogen and oxygen atoms in total. The van der Waals surface area contributed by atoms with Crippen molar-refractivity contribution in [2.75, 3.05) is 12.8 Å². The summed E-state index contributed by atoms with van der Waals surface area (Å²) in [5, 5.41) is 0.627. The Kier molecular flexibility index (Phi) is 2.76. The van der Waals surface area contributed by atoms with Gasteiger partial charge in [0.05, 0.1) is 12.8 Å². The molecule has 2 aromatic heterocycles. The summed E-state index contributed by atoms with van der Waals surface area (Å²) in [6.07, 6.45) is 0. The van der Waals surface area contributed by atoms with Crippen molar-refractivity contribution in [1.29, 1.82) is 0 Å². The number of methoxy groups -OCH3 is 1. The lowest BCUT2D eigenvalue weighted by molar-refractivity contribution is 0.399. The smallest absolute Gasteiger partial charge is 0.215 e. The van der Waals surface area contributed by atoms with Crippen molar-refractivity contribution < 1.29 is 4.74 Å². The molecule has 0 saturated carbocycles. The largest absolute Gasteiger partial charge is 0.481 e. The van der Waals surface area contributed by atoms with E-state index in [1.54, 1.807) is 29.9 Å². The van der Waals surface area contributed by atoms with Gasteiger partial charge in [0, 0.05) is 11.1 Å². The second-order valence-electron chi connectivity index (χ2n) is 3.98. The minimum atomic E-state index is 0.359. The van der Waals surface area contributed by atoms with Crippen LogP contribution in [0.2, 0.25) is 5.02 Å². The lowest BCUT2D eigenvalue weighted by Crippen LogP contribution is -2.01. The molecule has 1 aromatic carbocycles. The first-order valence-electron chi connectivity index (χ1n) is 5.64. The Balaban J connectivity index is 2.30. The van der Waals surface area contributed by atoms with Crippen LogP contribution in [0.3, 0.4) is 0 Å². The monoisotopic (exact) mass is 274 g/mol. The van der Waals surface area contributed by atoms with Crippen LogP contribution in [0.25, 0.3) is 16.9 Å². The highest BCUT2D eigenvalue weighted by Crippen LogP contribution is 2.25. The third-order valence-electron chi connectivity index (χ3n) is 2.78. The average molecular weight is 275 g/mol. The zero-order chi connectivity index (χ0) is 13.4. The number of nitrogen functional groups attached to an aromatic ring is 1. The predicted octanol–water partition coefficient (Wildman–Crippen LogP) is 2.66. The lowest BCUT2D eigenvalue weighted by Gasteiger charge is -2.06. The molecular formula is C13H11ClN4O. The minimum absolute atomic E-state index is 0.359. The number of halogens is 1. The second-order valence-corrected chi connectivity index (χ2v) is 4.42. The van der Waals surface area contributed by atoms with E-state index in [1.807, 2.05) is 18.2 Å². The van der Waals surface area contributed by atoms with Gasteiger partial charge in [-0.05, 0) is 24.3 Å². The molecule has 19 heavy (non-hydrogen) atoms. The van der Waals surface area contributed by atoms with E-state index in [1.165, 1.54) is 0 Å². The van der Waals surface area contributed by atoms with Gasteiger partial charge in [0.1, 0.15) is 5.52 Å². The standard InChI is InChI=1S/C13H11ClN4O/c1-19-11-6-5-10-12(17-11)18(13(15)16-10)9-4-2-3-8(14)7-9/h2-7H,1H3,(H2,15,16). The van der Waals surface area contributed by atoms with E-state index in [0.717, 1.165) is 5.69 Å². The van der Waals surface area contributed by atoms with Gasteiger partial charge in [0.25, 0.3) is 0 Å². The molecule has 0 spiro atoms. The maximum Gasteiger partial charge on any atom is 0.215 e. The van der Waals surface area contributed by atoms with Crippen LogP contribution in [-0.2, 0) is 0 Å². The van der Waals surface area contributed by atoms with E-state index in [9.17, 15) is 0 Å². The van der Waals surface area contributed by atoms with E-state index >= 15 is 0 Å². The van der Waals surface area contributed by atoms with Crippen molar-refractivity contribution in [1.82, 2.24) is 14.5 Å². The molecule has 0 radical (unpaired) electrons. The number of pyridine rings is 1. The number of nitrogens with zero attached hydrogens (tertiary/aromatic N) is 3. The van der Waals surface area contributed by atoms with Crippen LogP contribution in [0.15, 0.2) is 36.4 Å². The molecule has 96 valence electrons. The highest BCUT2D eigenvalue weighted by Gasteiger charge is 2.12. The van der Waals surface area contributed by atoms with Gasteiger partial charge < -0.3 is 10.5 Å². The van der Waals surface area contributed by atoms with E-state index in [4.69, 9.17) is 22.1 Å². The Hall–Kier alpha value is -2.27. The van der Waals surface area contributed by atoms with Gasteiger partial charge in [0.15, 0.2) is 5.65 Å². The van der Waals surface area contributed by atoms with E-state index < -0.39 is 0 Å². The first-order valence-corrected chi connectivity index (χ1v) is 6.02. The molecule has 0 unspecified atom stereocenters. The molecule has 0 saturated heterocycles. The topological polar surface area (TPSA) is 66.0 Å². The molecule has 0 amide bonds. The molecule has 3 rings (SSSR count). The van der Waals surface area contributed by atoms with E-state index in [-0.39, 0.29) is 0 Å². The summed E-state index contributed by atoms with van der Waals surface area (Å²) >= 11 is 6.00. The molecule has 2 N–H and O–H groups in total. The Labute approximate surface area is 114 Å². The van der Waals surface area contributed by atoms with Crippen LogP contribution in [-0.4, -0.2) is 21.6 Å². The van der Waals surface area contributed by atoms with Crippen LogP contribution in [0.5, 0.6) is 5.88 Å². The maximum absolute atomic E-state index is 6.00. The number of hydrogen-bond donors (Lipinski definition) is 1. The zero-order valence-electron chi connectivity index (χ0n) is 10.2. The molecule has 0 aliphatic heterocycles. The van der Waals surface area contributed by atoms with Gasteiger partial charge >= 0.3 is 0 Å². The van der Waals surface area contributed by atoms with Crippen molar-refractivity contribution in [3.8, 4) is 11.6 Å². The molecule has 6 heteroatoms. The number of aromatic nitrogens is 3. The molecule has 0 atom stereocenters. The number of rotatable bonds is 2. The lowest BCUT2D eigenvalue weighted by atomic mass is 10.3. The fraction of sp³-hybridized carbons (Fsp3) is 0.0769. The maximum atomic E-state index is 6.00. The Morgan fingerprint density at radius 1 is 1.21 bits per heavy atom. The number of nitrogens with two attached hydrogens (primary N) is 1. The number of ether oxygens (including phenoxy) is 1. The Morgan fingerprint density at radius 3 is 2.79 bits per heavy atom. The summed E-state index contributed by atoms with van der Waals surface area (Å²) in [7, 11) is 1.57. The summed E-state index contributed by atoms with van der Waals surface area (Å²) in [6.45, 7) is 0. The van der Waals surface area contributed by atoms with Crippen LogP contribution >= 0.6 is 11.6 Å². The average Bonchev–Trinajstić information content (AvgIpc) is 2.73. The van der Waals surface area contributed by atoms with Gasteiger partial charge in [-0.25, -0.2) is 4.98 Å². The quantitative estimate of drug-likeness (QED) is 0.780. The number of hydrogen-bond acceptors (Lipinski definition) is 4.